The predicted octanol–water partition coefficient (Wildman–Crippen LogP) is 2.51. The van der Waals surface area contributed by atoms with Gasteiger partial charge in [0.1, 0.15) is 6.61 Å². The summed E-state index contributed by atoms with van der Waals surface area (Å²) in [6.45, 7) is 2.91. The van der Waals surface area contributed by atoms with Crippen LogP contribution >= 0.6 is 11.8 Å². The van der Waals surface area contributed by atoms with Crippen molar-refractivity contribution in [3.05, 3.63) is 29.3 Å². The van der Waals surface area contributed by atoms with Crippen molar-refractivity contribution in [2.45, 2.75) is 18.4 Å². The summed E-state index contributed by atoms with van der Waals surface area (Å²) in [7, 11) is 0. The number of carbonyl (C=O) groups excluding carboxylic acids is 1. The molecule has 0 bridgehead atoms. The molecular formula is C11H12O2S. The van der Waals surface area contributed by atoms with E-state index in [0.717, 1.165) is 16.9 Å². The fourth-order valence-electron chi connectivity index (χ4n) is 1.55. The lowest BCUT2D eigenvalue weighted by molar-refractivity contribution is 0.0665. The molecular weight excluding hydrogens is 196 g/mol. The van der Waals surface area contributed by atoms with E-state index in [1.54, 1.807) is 11.8 Å². The van der Waals surface area contributed by atoms with Crippen LogP contribution in [0.2, 0.25) is 0 Å². The maximum Gasteiger partial charge on any atom is 0.188 e. The normalized spacial score (nSPS) is 15.4. The molecule has 1 aliphatic rings. The smallest absolute Gasteiger partial charge is 0.188 e. The van der Waals surface area contributed by atoms with Crippen LogP contribution in [0, 0.1) is 0 Å². The number of carbonyl (C=O) groups is 1. The minimum Gasteiger partial charge on any atom is -0.369 e. The zero-order valence-corrected chi connectivity index (χ0v) is 8.89. The number of ether oxygens (including phenoxy) is 1. The molecule has 1 aromatic carbocycles. The predicted molar refractivity (Wildman–Crippen MR) is 56.8 cm³/mol. The summed E-state index contributed by atoms with van der Waals surface area (Å²) >= 11 is 1.78. The largest absolute Gasteiger partial charge is 0.369 e. The van der Waals surface area contributed by atoms with E-state index < -0.39 is 0 Å². The molecule has 1 aromatic rings. The van der Waals surface area contributed by atoms with Gasteiger partial charge in [0.25, 0.3) is 0 Å². The Balaban J connectivity index is 2.34. The van der Waals surface area contributed by atoms with Crippen LogP contribution in [0.4, 0.5) is 0 Å². The van der Waals surface area contributed by atoms with Gasteiger partial charge in [-0.05, 0) is 29.5 Å². The molecule has 0 radical (unpaired) electrons. The quantitative estimate of drug-likeness (QED) is 0.698. The standard InChI is InChI=1S/C11H12O2S/c1-2-14-9-3-4-10-8(5-9)6-13-7-11(10)12/h3-5H,2,6-7H2,1H3. The van der Waals surface area contributed by atoms with Gasteiger partial charge in [0.15, 0.2) is 5.78 Å². The Morgan fingerprint density at radius 1 is 1.43 bits per heavy atom. The summed E-state index contributed by atoms with van der Waals surface area (Å²) < 4.78 is 5.18. The molecule has 0 saturated heterocycles. The van der Waals surface area contributed by atoms with Crippen LogP contribution in [0.15, 0.2) is 23.1 Å². The van der Waals surface area contributed by atoms with E-state index in [1.807, 2.05) is 12.1 Å². The second kappa shape index (κ2) is 4.15. The molecule has 0 N–H and O–H groups in total. The van der Waals surface area contributed by atoms with Crippen molar-refractivity contribution in [2.24, 2.45) is 0 Å². The van der Waals surface area contributed by atoms with Crippen LogP contribution in [-0.4, -0.2) is 18.1 Å². The molecule has 2 nitrogen and oxygen atoms in total. The van der Waals surface area contributed by atoms with E-state index in [2.05, 4.69) is 13.0 Å². The van der Waals surface area contributed by atoms with Crippen LogP contribution in [-0.2, 0) is 11.3 Å². The van der Waals surface area contributed by atoms with E-state index in [-0.39, 0.29) is 12.4 Å². The van der Waals surface area contributed by atoms with Crippen molar-refractivity contribution in [1.82, 2.24) is 0 Å². The molecule has 0 atom stereocenters. The van der Waals surface area contributed by atoms with Crippen molar-refractivity contribution < 1.29 is 9.53 Å². The number of Topliss-reactive ketones (excluding diaryl/α,β-unsaturated/α-hetero) is 1. The summed E-state index contributed by atoms with van der Waals surface area (Å²) in [6.07, 6.45) is 0. The van der Waals surface area contributed by atoms with Crippen LogP contribution in [0.1, 0.15) is 22.8 Å². The lowest BCUT2D eigenvalue weighted by Gasteiger charge is -2.15. The number of benzene rings is 1. The lowest BCUT2D eigenvalue weighted by Crippen LogP contribution is -2.17. The van der Waals surface area contributed by atoms with E-state index in [0.29, 0.717) is 6.61 Å². The first-order valence-electron chi connectivity index (χ1n) is 4.68. The van der Waals surface area contributed by atoms with Crippen molar-refractivity contribution in [3.63, 3.8) is 0 Å². The minimum atomic E-state index is 0.0966. The molecule has 2 rings (SSSR count). The number of rotatable bonds is 2. The first-order valence-corrected chi connectivity index (χ1v) is 5.66. The Kier molecular flexibility index (Phi) is 2.89. The van der Waals surface area contributed by atoms with Gasteiger partial charge < -0.3 is 4.74 Å². The molecule has 3 heteroatoms. The van der Waals surface area contributed by atoms with E-state index in [4.69, 9.17) is 4.74 Å². The van der Waals surface area contributed by atoms with Gasteiger partial charge in [-0.1, -0.05) is 6.92 Å². The number of hydrogen-bond acceptors (Lipinski definition) is 3. The fraction of sp³-hybridized carbons (Fsp3) is 0.364. The number of hydrogen-bond donors (Lipinski definition) is 0. The summed E-state index contributed by atoms with van der Waals surface area (Å²) in [6, 6.07) is 5.98. The van der Waals surface area contributed by atoms with Crippen molar-refractivity contribution in [1.29, 1.82) is 0 Å². The SMILES string of the molecule is CCSc1ccc2c(c1)COCC2=O. The monoisotopic (exact) mass is 208 g/mol. The minimum absolute atomic E-state index is 0.0966. The van der Waals surface area contributed by atoms with Crippen LogP contribution in [0.3, 0.4) is 0 Å². The average molecular weight is 208 g/mol. The summed E-state index contributed by atoms with van der Waals surface area (Å²) in [4.78, 5) is 12.6. The molecule has 0 spiro atoms. The summed E-state index contributed by atoms with van der Waals surface area (Å²) in [5, 5.41) is 0. The number of thioether (sulfide) groups is 1. The maximum atomic E-state index is 11.4. The molecule has 0 saturated carbocycles. The van der Waals surface area contributed by atoms with Crippen LogP contribution in [0.5, 0.6) is 0 Å². The molecule has 14 heavy (non-hydrogen) atoms. The van der Waals surface area contributed by atoms with Crippen molar-refractivity contribution in [3.8, 4) is 0 Å². The second-order valence-electron chi connectivity index (χ2n) is 3.17. The lowest BCUT2D eigenvalue weighted by atomic mass is 10.0. The van der Waals surface area contributed by atoms with Gasteiger partial charge in [0.05, 0.1) is 6.61 Å². The van der Waals surface area contributed by atoms with Gasteiger partial charge in [0.2, 0.25) is 0 Å². The first kappa shape index (κ1) is 9.74. The molecule has 0 aliphatic carbocycles. The van der Waals surface area contributed by atoms with Gasteiger partial charge >= 0.3 is 0 Å². The second-order valence-corrected chi connectivity index (χ2v) is 4.51. The highest BCUT2D eigenvalue weighted by Gasteiger charge is 2.17. The number of ketones is 1. The van der Waals surface area contributed by atoms with Gasteiger partial charge in [-0.25, -0.2) is 0 Å². The van der Waals surface area contributed by atoms with Crippen molar-refractivity contribution in [2.75, 3.05) is 12.4 Å². The highest BCUT2D eigenvalue weighted by molar-refractivity contribution is 7.99. The zero-order valence-electron chi connectivity index (χ0n) is 8.08. The summed E-state index contributed by atoms with van der Waals surface area (Å²) in [5.41, 5.74) is 1.86. The third-order valence-electron chi connectivity index (χ3n) is 2.18. The first-order chi connectivity index (χ1) is 6.81. The van der Waals surface area contributed by atoms with E-state index >= 15 is 0 Å². The Morgan fingerprint density at radius 3 is 3.07 bits per heavy atom. The third-order valence-corrected chi connectivity index (χ3v) is 3.05. The van der Waals surface area contributed by atoms with Gasteiger partial charge in [-0.2, -0.15) is 0 Å². The fourth-order valence-corrected chi connectivity index (χ4v) is 2.27. The third kappa shape index (κ3) is 1.83. The molecule has 0 unspecified atom stereocenters. The topological polar surface area (TPSA) is 26.3 Å². The Hall–Kier alpha value is -0.800. The maximum absolute atomic E-state index is 11.4. The van der Waals surface area contributed by atoms with E-state index in [9.17, 15) is 4.79 Å². The van der Waals surface area contributed by atoms with Gasteiger partial charge in [0, 0.05) is 10.5 Å². The van der Waals surface area contributed by atoms with Gasteiger partial charge in [-0.3, -0.25) is 4.79 Å². The Morgan fingerprint density at radius 2 is 2.29 bits per heavy atom. The molecule has 0 amide bonds. The van der Waals surface area contributed by atoms with Crippen LogP contribution in [0.25, 0.3) is 0 Å². The number of fused-ring (bicyclic) bond motifs is 1. The molecule has 0 aromatic heterocycles. The molecule has 0 fully saturated rings. The van der Waals surface area contributed by atoms with E-state index in [1.165, 1.54) is 4.90 Å². The van der Waals surface area contributed by atoms with Crippen LogP contribution < -0.4 is 0 Å². The Labute approximate surface area is 87.6 Å². The average Bonchev–Trinajstić information content (AvgIpc) is 2.18. The molecule has 1 heterocycles. The van der Waals surface area contributed by atoms with Crippen molar-refractivity contribution >= 4 is 17.5 Å². The molecule has 1 aliphatic heterocycles. The highest BCUT2D eigenvalue weighted by Crippen LogP contribution is 2.24. The van der Waals surface area contributed by atoms with Gasteiger partial charge in [-0.15, -0.1) is 11.8 Å². The molecule has 74 valence electrons. The summed E-state index contributed by atoms with van der Waals surface area (Å²) in [5.74, 6) is 1.15. The zero-order chi connectivity index (χ0) is 9.97. The highest BCUT2D eigenvalue weighted by atomic mass is 32.2. The Bertz CT molecular complexity index is 360.